The zero-order valence-corrected chi connectivity index (χ0v) is 14.8. The Morgan fingerprint density at radius 2 is 2.00 bits per heavy atom. The van der Waals surface area contributed by atoms with Crippen molar-refractivity contribution in [2.24, 2.45) is 0 Å². The van der Waals surface area contributed by atoms with Crippen LogP contribution in [0.2, 0.25) is 0 Å². The van der Waals surface area contributed by atoms with Gasteiger partial charge < -0.3 is 5.32 Å². The quantitative estimate of drug-likeness (QED) is 0.782. The number of halogens is 2. The van der Waals surface area contributed by atoms with Crippen LogP contribution in [0, 0.1) is 6.92 Å². The Labute approximate surface area is 137 Å². The highest BCUT2D eigenvalue weighted by Gasteiger charge is 2.15. The zero-order valence-electron chi connectivity index (χ0n) is 11.7. The lowest BCUT2D eigenvalue weighted by atomic mass is 10.0. The second-order valence-corrected chi connectivity index (χ2v) is 6.58. The molecule has 1 aromatic carbocycles. The van der Waals surface area contributed by atoms with Crippen LogP contribution in [-0.2, 0) is 6.42 Å². The number of nitrogens with one attached hydrogen (secondary N) is 1. The van der Waals surface area contributed by atoms with Gasteiger partial charge in [0.1, 0.15) is 0 Å². The van der Waals surface area contributed by atoms with Crippen molar-refractivity contribution < 1.29 is 0 Å². The maximum atomic E-state index is 4.51. The predicted octanol–water partition coefficient (Wildman–Crippen LogP) is 4.81. The Balaban J connectivity index is 2.24. The van der Waals surface area contributed by atoms with Gasteiger partial charge in [0.15, 0.2) is 0 Å². The molecule has 0 radical (unpaired) electrons. The molecule has 4 heteroatoms. The number of aromatic nitrogens is 1. The first-order valence-corrected chi connectivity index (χ1v) is 8.28. The van der Waals surface area contributed by atoms with Crippen LogP contribution in [0.4, 0.5) is 0 Å². The lowest BCUT2D eigenvalue weighted by molar-refractivity contribution is 0.542. The van der Waals surface area contributed by atoms with E-state index in [9.17, 15) is 0 Å². The monoisotopic (exact) mass is 396 g/mol. The molecule has 0 aliphatic carbocycles. The van der Waals surface area contributed by atoms with Crippen molar-refractivity contribution in [2.75, 3.05) is 6.54 Å². The van der Waals surface area contributed by atoms with Crippen LogP contribution < -0.4 is 5.32 Å². The minimum Gasteiger partial charge on any atom is -0.310 e. The smallest absolute Gasteiger partial charge is 0.0422 e. The molecule has 1 heterocycles. The van der Waals surface area contributed by atoms with Gasteiger partial charge in [0.2, 0.25) is 0 Å². The van der Waals surface area contributed by atoms with E-state index in [1.54, 1.807) is 0 Å². The molecule has 0 amide bonds. The highest BCUT2D eigenvalue weighted by molar-refractivity contribution is 9.11. The first-order chi connectivity index (χ1) is 9.60. The SMILES string of the molecule is CCNC(Cc1ccc(C)cn1)c1ccc(Br)cc1Br. The van der Waals surface area contributed by atoms with Crippen LogP contribution in [0.25, 0.3) is 0 Å². The fourth-order valence-corrected chi connectivity index (χ4v) is 3.47. The van der Waals surface area contributed by atoms with E-state index in [2.05, 4.69) is 86.3 Å². The van der Waals surface area contributed by atoms with Crippen LogP contribution >= 0.6 is 31.9 Å². The molecule has 0 aliphatic heterocycles. The van der Waals surface area contributed by atoms with Crippen LogP contribution in [0.5, 0.6) is 0 Å². The second-order valence-electron chi connectivity index (χ2n) is 4.81. The first kappa shape index (κ1) is 15.7. The molecule has 0 saturated heterocycles. The summed E-state index contributed by atoms with van der Waals surface area (Å²) in [5, 5.41) is 3.54. The van der Waals surface area contributed by atoms with E-state index in [1.807, 2.05) is 6.20 Å². The van der Waals surface area contributed by atoms with Gasteiger partial charge >= 0.3 is 0 Å². The van der Waals surface area contributed by atoms with Crippen LogP contribution in [0.3, 0.4) is 0 Å². The lowest BCUT2D eigenvalue weighted by Gasteiger charge is -2.19. The summed E-state index contributed by atoms with van der Waals surface area (Å²) in [4.78, 5) is 4.51. The van der Waals surface area contributed by atoms with Crippen molar-refractivity contribution in [1.29, 1.82) is 0 Å². The molecule has 2 nitrogen and oxygen atoms in total. The van der Waals surface area contributed by atoms with E-state index >= 15 is 0 Å². The number of rotatable bonds is 5. The van der Waals surface area contributed by atoms with Gasteiger partial charge in [0.25, 0.3) is 0 Å². The third kappa shape index (κ3) is 4.14. The van der Waals surface area contributed by atoms with Crippen molar-refractivity contribution in [3.05, 3.63) is 62.3 Å². The predicted molar refractivity (Wildman–Crippen MR) is 90.9 cm³/mol. The molecule has 1 aromatic heterocycles. The Morgan fingerprint density at radius 1 is 1.20 bits per heavy atom. The second kappa shape index (κ2) is 7.34. The number of nitrogens with zero attached hydrogens (tertiary/aromatic N) is 1. The minimum atomic E-state index is 0.262. The summed E-state index contributed by atoms with van der Waals surface area (Å²) < 4.78 is 2.20. The van der Waals surface area contributed by atoms with Gasteiger partial charge in [-0.15, -0.1) is 0 Å². The number of likely N-dealkylation sites (N-methyl/N-ethyl adjacent to an activating group) is 1. The Morgan fingerprint density at radius 3 is 2.60 bits per heavy atom. The fourth-order valence-electron chi connectivity index (χ4n) is 2.15. The number of hydrogen-bond donors (Lipinski definition) is 1. The molecule has 0 fully saturated rings. The summed E-state index contributed by atoms with van der Waals surface area (Å²) in [6, 6.07) is 10.8. The van der Waals surface area contributed by atoms with Crippen LogP contribution in [0.1, 0.15) is 29.8 Å². The van der Waals surface area contributed by atoms with Gasteiger partial charge in [-0.25, -0.2) is 0 Å². The number of benzene rings is 1. The normalized spacial score (nSPS) is 12.4. The molecule has 0 saturated carbocycles. The molecule has 2 aromatic rings. The molecule has 1 N–H and O–H groups in total. The highest BCUT2D eigenvalue weighted by atomic mass is 79.9. The topological polar surface area (TPSA) is 24.9 Å². The highest BCUT2D eigenvalue weighted by Crippen LogP contribution is 2.28. The summed E-state index contributed by atoms with van der Waals surface area (Å²) >= 11 is 7.15. The number of aryl methyl sites for hydroxylation is 1. The van der Waals surface area contributed by atoms with Gasteiger partial charge in [0, 0.05) is 33.3 Å². The summed E-state index contributed by atoms with van der Waals surface area (Å²) in [5.41, 5.74) is 3.56. The van der Waals surface area contributed by atoms with Crippen LogP contribution in [-0.4, -0.2) is 11.5 Å². The Kier molecular flexibility index (Phi) is 5.75. The van der Waals surface area contributed by atoms with Crippen molar-refractivity contribution in [2.45, 2.75) is 26.3 Å². The van der Waals surface area contributed by atoms with Crippen molar-refractivity contribution in [3.63, 3.8) is 0 Å². The third-order valence-corrected chi connectivity index (χ3v) is 4.35. The summed E-state index contributed by atoms with van der Waals surface area (Å²) in [6.07, 6.45) is 2.81. The number of hydrogen-bond acceptors (Lipinski definition) is 2. The van der Waals surface area contributed by atoms with Gasteiger partial charge in [-0.3, -0.25) is 4.98 Å². The van der Waals surface area contributed by atoms with E-state index in [4.69, 9.17) is 0 Å². The molecule has 20 heavy (non-hydrogen) atoms. The van der Waals surface area contributed by atoms with E-state index in [0.29, 0.717) is 0 Å². The summed E-state index contributed by atoms with van der Waals surface area (Å²) in [5.74, 6) is 0. The maximum absolute atomic E-state index is 4.51. The van der Waals surface area contributed by atoms with Crippen molar-refractivity contribution in [1.82, 2.24) is 10.3 Å². The van der Waals surface area contributed by atoms with E-state index < -0.39 is 0 Å². The third-order valence-electron chi connectivity index (χ3n) is 3.17. The number of pyridine rings is 1. The Bertz CT molecular complexity index is 567. The molecule has 1 atom stereocenters. The minimum absolute atomic E-state index is 0.262. The summed E-state index contributed by atoms with van der Waals surface area (Å²) in [6.45, 7) is 5.12. The molecule has 0 aliphatic rings. The van der Waals surface area contributed by atoms with E-state index in [1.165, 1.54) is 11.1 Å². The fraction of sp³-hybridized carbons (Fsp3) is 0.312. The van der Waals surface area contributed by atoms with Crippen molar-refractivity contribution in [3.8, 4) is 0 Å². The zero-order chi connectivity index (χ0) is 14.5. The summed E-state index contributed by atoms with van der Waals surface area (Å²) in [7, 11) is 0. The van der Waals surface area contributed by atoms with Gasteiger partial charge in [-0.1, -0.05) is 50.9 Å². The largest absolute Gasteiger partial charge is 0.310 e. The molecular weight excluding hydrogens is 380 g/mol. The molecular formula is C16H18Br2N2. The molecule has 0 bridgehead atoms. The van der Waals surface area contributed by atoms with E-state index in [-0.39, 0.29) is 6.04 Å². The average molecular weight is 398 g/mol. The molecule has 0 spiro atoms. The van der Waals surface area contributed by atoms with Gasteiger partial charge in [-0.05, 0) is 42.8 Å². The van der Waals surface area contributed by atoms with Crippen LogP contribution in [0.15, 0.2) is 45.5 Å². The molecule has 1 unspecified atom stereocenters. The lowest BCUT2D eigenvalue weighted by Crippen LogP contribution is -2.23. The Hall–Kier alpha value is -0.710. The first-order valence-electron chi connectivity index (χ1n) is 6.70. The average Bonchev–Trinajstić information content (AvgIpc) is 2.41. The van der Waals surface area contributed by atoms with Gasteiger partial charge in [0.05, 0.1) is 0 Å². The van der Waals surface area contributed by atoms with E-state index in [0.717, 1.165) is 27.6 Å². The standard InChI is InChI=1S/C16H18Br2N2/c1-3-19-16(9-13-6-4-11(2)10-20-13)14-7-5-12(17)8-15(14)18/h4-8,10,16,19H,3,9H2,1-2H3. The molecule has 106 valence electrons. The van der Waals surface area contributed by atoms with Crippen molar-refractivity contribution >= 4 is 31.9 Å². The van der Waals surface area contributed by atoms with Gasteiger partial charge in [-0.2, -0.15) is 0 Å². The molecule has 2 rings (SSSR count). The maximum Gasteiger partial charge on any atom is 0.0422 e.